The van der Waals surface area contributed by atoms with E-state index in [1.54, 1.807) is 0 Å². The normalized spacial score (nSPS) is 12.3. The second-order valence-corrected chi connectivity index (χ2v) is 12.4. The van der Waals surface area contributed by atoms with E-state index in [0.717, 1.165) is 35.7 Å². The van der Waals surface area contributed by atoms with E-state index in [0.29, 0.717) is 19.4 Å². The number of hydrogen-bond acceptors (Lipinski definition) is 3. The minimum atomic E-state index is -0.621. The maximum Gasteiger partial charge on any atom is 0.328 e. The van der Waals surface area contributed by atoms with Crippen LogP contribution in [0, 0.1) is 0 Å². The van der Waals surface area contributed by atoms with Gasteiger partial charge in [-0.2, -0.15) is 0 Å². The quantitative estimate of drug-likeness (QED) is 0.0769. The lowest BCUT2D eigenvalue weighted by Gasteiger charge is -2.23. The predicted octanol–water partition coefficient (Wildman–Crippen LogP) is 8.01. The fourth-order valence-electron chi connectivity index (χ4n) is 4.93. The highest BCUT2D eigenvalue weighted by Crippen LogP contribution is 2.12. The van der Waals surface area contributed by atoms with Crippen LogP contribution in [-0.4, -0.2) is 56.7 Å². The number of benzene rings is 1. The lowest BCUT2D eigenvalue weighted by atomic mass is 10.0. The maximum atomic E-state index is 12.9. The molecule has 1 amide bonds. The summed E-state index contributed by atoms with van der Waals surface area (Å²) in [6.07, 6.45) is 21.6. The Morgan fingerprint density at radius 3 is 1.79 bits per heavy atom. The van der Waals surface area contributed by atoms with Crippen LogP contribution in [0.1, 0.15) is 128 Å². The lowest BCUT2D eigenvalue weighted by Crippen LogP contribution is -2.43. The summed E-state index contributed by atoms with van der Waals surface area (Å²) in [7, 11) is 6.73. The number of quaternary nitrogens is 1. The zero-order chi connectivity index (χ0) is 28.6. The van der Waals surface area contributed by atoms with E-state index in [4.69, 9.17) is 4.74 Å². The number of ether oxygens (including phenoxy) is 1. The van der Waals surface area contributed by atoms with Gasteiger partial charge in [0.25, 0.3) is 0 Å². The molecule has 1 N–H and O–H groups in total. The van der Waals surface area contributed by atoms with Crippen molar-refractivity contribution in [1.82, 2.24) is 5.32 Å². The number of esters is 1. The molecule has 0 bridgehead atoms. The molecule has 1 unspecified atom stereocenters. The summed E-state index contributed by atoms with van der Waals surface area (Å²) in [6.45, 7) is 3.92. The molecule has 1 atom stereocenters. The third-order valence-corrected chi connectivity index (χ3v) is 7.38. The number of hydrogen-bond donors (Lipinski definition) is 1. The molecule has 39 heavy (non-hydrogen) atoms. The Morgan fingerprint density at radius 2 is 1.23 bits per heavy atom. The van der Waals surface area contributed by atoms with E-state index in [1.807, 2.05) is 30.3 Å². The van der Waals surface area contributed by atoms with Crippen LogP contribution in [0.2, 0.25) is 0 Å². The van der Waals surface area contributed by atoms with Crippen LogP contribution in [0.3, 0.4) is 0 Å². The summed E-state index contributed by atoms with van der Waals surface area (Å²) in [4.78, 5) is 25.5. The van der Waals surface area contributed by atoms with Gasteiger partial charge in [0.1, 0.15) is 6.04 Å². The molecular formula is C34H61N2O3+. The standard InChI is InChI=1S/C34H60N2O3/c1-5-6-7-8-9-10-11-15-18-24-29-39-34(38)32(30-31-25-20-19-21-26-31)35-33(37)27-22-16-13-12-14-17-23-28-36(2,3)4/h19-21,25-26,32H,5-18,22-24,27-30H2,1-4H3/p+1. The minimum absolute atomic E-state index is 0.0465. The third kappa shape index (κ3) is 21.6. The fourth-order valence-corrected chi connectivity index (χ4v) is 4.93. The van der Waals surface area contributed by atoms with Gasteiger partial charge in [-0.3, -0.25) is 4.79 Å². The Kier molecular flexibility index (Phi) is 20.6. The van der Waals surface area contributed by atoms with E-state index in [-0.39, 0.29) is 11.9 Å². The van der Waals surface area contributed by atoms with Crippen LogP contribution in [0.25, 0.3) is 0 Å². The molecular weight excluding hydrogens is 484 g/mol. The number of amides is 1. The molecule has 5 heteroatoms. The molecule has 0 radical (unpaired) electrons. The highest BCUT2D eigenvalue weighted by molar-refractivity contribution is 5.84. The van der Waals surface area contributed by atoms with Gasteiger partial charge in [-0.1, -0.05) is 121 Å². The molecule has 0 spiro atoms. The fraction of sp³-hybridized carbons (Fsp3) is 0.765. The van der Waals surface area contributed by atoms with Crippen LogP contribution < -0.4 is 5.32 Å². The Bertz CT molecular complexity index is 730. The highest BCUT2D eigenvalue weighted by atomic mass is 16.5. The molecule has 0 saturated carbocycles. The third-order valence-electron chi connectivity index (χ3n) is 7.38. The zero-order valence-electron chi connectivity index (χ0n) is 26.0. The first-order valence-corrected chi connectivity index (χ1v) is 16.1. The summed E-state index contributed by atoms with van der Waals surface area (Å²) in [5.41, 5.74) is 1.03. The largest absolute Gasteiger partial charge is 0.464 e. The van der Waals surface area contributed by atoms with Crippen molar-refractivity contribution in [3.8, 4) is 0 Å². The number of nitrogens with one attached hydrogen (secondary N) is 1. The molecule has 5 nitrogen and oxygen atoms in total. The molecule has 1 aromatic rings. The van der Waals surface area contributed by atoms with E-state index < -0.39 is 6.04 Å². The Hall–Kier alpha value is -1.88. The van der Waals surface area contributed by atoms with Crippen molar-refractivity contribution in [2.75, 3.05) is 34.3 Å². The molecule has 0 aliphatic heterocycles. The van der Waals surface area contributed by atoms with Crippen molar-refractivity contribution >= 4 is 11.9 Å². The molecule has 0 aromatic heterocycles. The van der Waals surface area contributed by atoms with E-state index in [1.165, 1.54) is 90.0 Å². The predicted molar refractivity (Wildman–Crippen MR) is 165 cm³/mol. The molecule has 0 aliphatic carbocycles. The van der Waals surface area contributed by atoms with Gasteiger partial charge < -0.3 is 14.5 Å². The van der Waals surface area contributed by atoms with Crippen molar-refractivity contribution < 1.29 is 18.8 Å². The van der Waals surface area contributed by atoms with E-state index in [2.05, 4.69) is 33.4 Å². The average Bonchev–Trinajstić information content (AvgIpc) is 2.90. The summed E-state index contributed by atoms with van der Waals surface area (Å²) in [5, 5.41) is 2.97. The lowest BCUT2D eigenvalue weighted by molar-refractivity contribution is -0.870. The average molecular weight is 546 g/mol. The number of carbonyl (C=O) groups excluding carboxylic acids is 2. The monoisotopic (exact) mass is 545 g/mol. The molecule has 0 saturated heterocycles. The van der Waals surface area contributed by atoms with Gasteiger partial charge in [-0.25, -0.2) is 4.79 Å². The van der Waals surface area contributed by atoms with Gasteiger partial charge in [-0.05, 0) is 31.2 Å². The van der Waals surface area contributed by atoms with Gasteiger partial charge >= 0.3 is 5.97 Å². The SMILES string of the molecule is CCCCCCCCCCCCOC(=O)C(Cc1ccccc1)NC(=O)CCCCCCCCC[N+](C)(C)C. The molecule has 0 aliphatic rings. The molecule has 1 rings (SSSR count). The maximum absolute atomic E-state index is 12.9. The number of unbranched alkanes of at least 4 members (excludes halogenated alkanes) is 15. The van der Waals surface area contributed by atoms with Crippen molar-refractivity contribution in [2.24, 2.45) is 0 Å². The molecule has 0 heterocycles. The minimum Gasteiger partial charge on any atom is -0.464 e. The number of rotatable bonds is 25. The summed E-state index contributed by atoms with van der Waals surface area (Å²) in [5.74, 6) is -0.355. The summed E-state index contributed by atoms with van der Waals surface area (Å²) in [6, 6.07) is 9.26. The van der Waals surface area contributed by atoms with Gasteiger partial charge in [-0.15, -0.1) is 0 Å². The second kappa shape index (κ2) is 22.9. The number of carbonyl (C=O) groups is 2. The van der Waals surface area contributed by atoms with Crippen molar-refractivity contribution in [3.63, 3.8) is 0 Å². The first-order chi connectivity index (χ1) is 18.8. The molecule has 1 aromatic carbocycles. The molecule has 0 fully saturated rings. The molecule has 224 valence electrons. The van der Waals surface area contributed by atoms with Crippen LogP contribution >= 0.6 is 0 Å². The van der Waals surface area contributed by atoms with Crippen LogP contribution in [0.4, 0.5) is 0 Å². The highest BCUT2D eigenvalue weighted by Gasteiger charge is 2.22. The van der Waals surface area contributed by atoms with Gasteiger partial charge in [0, 0.05) is 12.8 Å². The van der Waals surface area contributed by atoms with Crippen LogP contribution in [0.5, 0.6) is 0 Å². The van der Waals surface area contributed by atoms with Crippen molar-refractivity contribution in [3.05, 3.63) is 35.9 Å². The van der Waals surface area contributed by atoms with E-state index in [9.17, 15) is 9.59 Å². The second-order valence-electron chi connectivity index (χ2n) is 12.4. The zero-order valence-corrected chi connectivity index (χ0v) is 26.0. The topological polar surface area (TPSA) is 55.4 Å². The summed E-state index contributed by atoms with van der Waals surface area (Å²) < 4.78 is 6.64. The van der Waals surface area contributed by atoms with Crippen LogP contribution in [-0.2, 0) is 20.7 Å². The first kappa shape index (κ1) is 35.1. The van der Waals surface area contributed by atoms with E-state index >= 15 is 0 Å². The van der Waals surface area contributed by atoms with Crippen molar-refractivity contribution in [1.29, 1.82) is 0 Å². The smallest absolute Gasteiger partial charge is 0.328 e. The first-order valence-electron chi connectivity index (χ1n) is 16.1. The van der Waals surface area contributed by atoms with Crippen molar-refractivity contribution in [2.45, 2.75) is 135 Å². The Balaban J connectivity index is 2.26. The van der Waals surface area contributed by atoms with Crippen LogP contribution in [0.15, 0.2) is 30.3 Å². The Labute approximate surface area is 241 Å². The van der Waals surface area contributed by atoms with Gasteiger partial charge in [0.15, 0.2) is 0 Å². The Morgan fingerprint density at radius 1 is 0.718 bits per heavy atom. The van der Waals surface area contributed by atoms with Gasteiger partial charge in [0.05, 0.1) is 34.3 Å². The van der Waals surface area contributed by atoms with Gasteiger partial charge in [0.2, 0.25) is 5.91 Å². The number of nitrogens with zero attached hydrogens (tertiary/aromatic N) is 1. The summed E-state index contributed by atoms with van der Waals surface area (Å²) >= 11 is 0.